The second-order valence-electron chi connectivity index (χ2n) is 3.32. The Labute approximate surface area is 72.6 Å². The number of carbonyl (C=O) groups is 1. The molecular formula is C10H14O2. The molecule has 1 N–H and O–H groups in total. The molecule has 0 bridgehead atoms. The summed E-state index contributed by atoms with van der Waals surface area (Å²) in [5.41, 5.74) is 3.78. The number of aliphatic hydroxyl groups is 1. The molecule has 66 valence electrons. The highest BCUT2D eigenvalue weighted by Gasteiger charge is 2.20. The first kappa shape index (κ1) is 9.20. The fourth-order valence-electron chi connectivity index (χ4n) is 1.51. The van der Waals surface area contributed by atoms with Gasteiger partial charge in [-0.25, -0.2) is 0 Å². The van der Waals surface area contributed by atoms with Crippen LogP contribution in [0.15, 0.2) is 22.3 Å². The summed E-state index contributed by atoms with van der Waals surface area (Å²) in [7, 11) is 0. The standard InChI is InChI=1S/C10H14O2/c1-6-4-10(12)9(5-11)8(3)7(6)2/h5,10,12H,4H2,1-3H3. The molecule has 1 aliphatic carbocycles. The van der Waals surface area contributed by atoms with Crippen LogP contribution in [-0.2, 0) is 4.79 Å². The van der Waals surface area contributed by atoms with E-state index in [0.717, 1.165) is 17.4 Å². The van der Waals surface area contributed by atoms with E-state index in [9.17, 15) is 9.90 Å². The van der Waals surface area contributed by atoms with Crippen molar-refractivity contribution in [2.75, 3.05) is 0 Å². The van der Waals surface area contributed by atoms with Crippen LogP contribution < -0.4 is 0 Å². The van der Waals surface area contributed by atoms with E-state index in [0.29, 0.717) is 12.0 Å². The number of rotatable bonds is 1. The molecule has 1 aliphatic rings. The van der Waals surface area contributed by atoms with Crippen LogP contribution in [0.1, 0.15) is 27.2 Å². The Morgan fingerprint density at radius 1 is 1.33 bits per heavy atom. The summed E-state index contributed by atoms with van der Waals surface area (Å²) >= 11 is 0. The maximum absolute atomic E-state index is 10.6. The molecule has 1 unspecified atom stereocenters. The van der Waals surface area contributed by atoms with Gasteiger partial charge in [0.05, 0.1) is 6.10 Å². The molecule has 0 saturated carbocycles. The van der Waals surface area contributed by atoms with Crippen LogP contribution >= 0.6 is 0 Å². The molecule has 12 heavy (non-hydrogen) atoms. The molecule has 0 aromatic heterocycles. The van der Waals surface area contributed by atoms with Crippen LogP contribution in [-0.4, -0.2) is 17.5 Å². The SMILES string of the molecule is CC1=C(C)C(C)=C(C=O)C(O)C1. The largest absolute Gasteiger partial charge is 0.388 e. The topological polar surface area (TPSA) is 37.3 Å². The molecular weight excluding hydrogens is 152 g/mol. The van der Waals surface area contributed by atoms with E-state index in [4.69, 9.17) is 0 Å². The molecule has 0 saturated heterocycles. The quantitative estimate of drug-likeness (QED) is 0.601. The molecule has 0 radical (unpaired) electrons. The molecule has 2 heteroatoms. The Kier molecular flexibility index (Phi) is 2.48. The maximum atomic E-state index is 10.6. The molecule has 0 aromatic rings. The van der Waals surface area contributed by atoms with Gasteiger partial charge in [0.1, 0.15) is 6.29 Å². The van der Waals surface area contributed by atoms with Crippen molar-refractivity contribution in [3.05, 3.63) is 22.3 Å². The van der Waals surface area contributed by atoms with E-state index >= 15 is 0 Å². The van der Waals surface area contributed by atoms with Crippen molar-refractivity contribution in [1.29, 1.82) is 0 Å². The molecule has 0 fully saturated rings. The van der Waals surface area contributed by atoms with Crippen molar-refractivity contribution in [2.45, 2.75) is 33.3 Å². The molecule has 2 nitrogen and oxygen atoms in total. The molecule has 0 aromatic carbocycles. The van der Waals surface area contributed by atoms with Crippen molar-refractivity contribution in [3.8, 4) is 0 Å². The third kappa shape index (κ3) is 1.34. The maximum Gasteiger partial charge on any atom is 0.148 e. The van der Waals surface area contributed by atoms with Gasteiger partial charge < -0.3 is 5.11 Å². The van der Waals surface area contributed by atoms with Gasteiger partial charge in [0, 0.05) is 5.57 Å². The van der Waals surface area contributed by atoms with E-state index < -0.39 is 6.10 Å². The summed E-state index contributed by atoms with van der Waals surface area (Å²) in [5, 5.41) is 9.50. The lowest BCUT2D eigenvalue weighted by atomic mass is 9.86. The summed E-state index contributed by atoms with van der Waals surface area (Å²) in [6.45, 7) is 5.86. The van der Waals surface area contributed by atoms with Gasteiger partial charge in [0.15, 0.2) is 0 Å². The minimum atomic E-state index is -0.591. The summed E-state index contributed by atoms with van der Waals surface area (Å²) in [6, 6.07) is 0. The first-order valence-electron chi connectivity index (χ1n) is 4.08. The molecule has 0 heterocycles. The molecule has 0 aliphatic heterocycles. The highest BCUT2D eigenvalue weighted by Crippen LogP contribution is 2.28. The highest BCUT2D eigenvalue weighted by molar-refractivity contribution is 5.78. The zero-order chi connectivity index (χ0) is 9.30. The number of aldehydes is 1. The van der Waals surface area contributed by atoms with Crippen LogP contribution in [0.5, 0.6) is 0 Å². The summed E-state index contributed by atoms with van der Waals surface area (Å²) in [4.78, 5) is 10.6. The summed E-state index contributed by atoms with van der Waals surface area (Å²) in [6.07, 6.45) is 0.763. The number of hydrogen-bond acceptors (Lipinski definition) is 2. The van der Waals surface area contributed by atoms with Gasteiger partial charge in [-0.05, 0) is 38.3 Å². The normalized spacial score (nSPS) is 24.8. The van der Waals surface area contributed by atoms with Gasteiger partial charge in [-0.3, -0.25) is 4.79 Å². The summed E-state index contributed by atoms with van der Waals surface area (Å²) in [5.74, 6) is 0. The fraction of sp³-hybridized carbons (Fsp3) is 0.500. The van der Waals surface area contributed by atoms with E-state index in [-0.39, 0.29) is 0 Å². The lowest BCUT2D eigenvalue weighted by Crippen LogP contribution is -2.18. The van der Waals surface area contributed by atoms with Crippen molar-refractivity contribution < 1.29 is 9.90 Å². The van der Waals surface area contributed by atoms with Gasteiger partial charge in [-0.2, -0.15) is 0 Å². The molecule has 1 atom stereocenters. The lowest BCUT2D eigenvalue weighted by molar-refractivity contribution is -0.105. The second kappa shape index (κ2) is 3.23. The number of carbonyl (C=O) groups excluding carboxylic acids is 1. The third-order valence-electron chi connectivity index (χ3n) is 2.62. The van der Waals surface area contributed by atoms with E-state index in [1.807, 2.05) is 20.8 Å². The third-order valence-corrected chi connectivity index (χ3v) is 2.62. The van der Waals surface area contributed by atoms with Crippen molar-refractivity contribution in [3.63, 3.8) is 0 Å². The number of aliphatic hydroxyl groups excluding tert-OH is 1. The van der Waals surface area contributed by atoms with E-state index in [2.05, 4.69) is 0 Å². The minimum absolute atomic E-state index is 0.540. The highest BCUT2D eigenvalue weighted by atomic mass is 16.3. The zero-order valence-corrected chi connectivity index (χ0v) is 7.72. The van der Waals surface area contributed by atoms with Crippen LogP contribution in [0, 0.1) is 0 Å². The van der Waals surface area contributed by atoms with Gasteiger partial charge in [0.2, 0.25) is 0 Å². The zero-order valence-electron chi connectivity index (χ0n) is 7.72. The number of hydrogen-bond donors (Lipinski definition) is 1. The minimum Gasteiger partial charge on any atom is -0.388 e. The van der Waals surface area contributed by atoms with Gasteiger partial charge >= 0.3 is 0 Å². The Morgan fingerprint density at radius 2 is 1.92 bits per heavy atom. The fourth-order valence-corrected chi connectivity index (χ4v) is 1.51. The monoisotopic (exact) mass is 166 g/mol. The molecule has 0 amide bonds. The first-order valence-corrected chi connectivity index (χ1v) is 4.08. The summed E-state index contributed by atoms with van der Waals surface area (Å²) < 4.78 is 0. The van der Waals surface area contributed by atoms with Gasteiger partial charge in [-0.15, -0.1) is 0 Å². The molecule has 0 spiro atoms. The van der Waals surface area contributed by atoms with Crippen LogP contribution in [0.25, 0.3) is 0 Å². The van der Waals surface area contributed by atoms with Crippen molar-refractivity contribution >= 4 is 6.29 Å². The first-order chi connectivity index (χ1) is 5.57. The average Bonchev–Trinajstić information content (AvgIpc) is 2.01. The Hall–Kier alpha value is -0.890. The Bertz CT molecular complexity index is 272. The Balaban J connectivity index is 3.16. The lowest BCUT2D eigenvalue weighted by Gasteiger charge is -2.22. The smallest absolute Gasteiger partial charge is 0.148 e. The second-order valence-corrected chi connectivity index (χ2v) is 3.32. The predicted molar refractivity (Wildman–Crippen MR) is 47.8 cm³/mol. The van der Waals surface area contributed by atoms with Gasteiger partial charge in [-0.1, -0.05) is 5.57 Å². The molecule has 1 rings (SSSR count). The van der Waals surface area contributed by atoms with Crippen LogP contribution in [0.2, 0.25) is 0 Å². The van der Waals surface area contributed by atoms with E-state index in [1.54, 1.807) is 0 Å². The number of allylic oxidation sites excluding steroid dienone is 2. The van der Waals surface area contributed by atoms with Crippen LogP contribution in [0.3, 0.4) is 0 Å². The Morgan fingerprint density at radius 3 is 2.42 bits per heavy atom. The predicted octanol–water partition coefficient (Wildman–Crippen LogP) is 1.60. The van der Waals surface area contributed by atoms with E-state index in [1.165, 1.54) is 5.57 Å². The van der Waals surface area contributed by atoms with Crippen molar-refractivity contribution in [1.82, 2.24) is 0 Å². The van der Waals surface area contributed by atoms with Crippen molar-refractivity contribution in [2.24, 2.45) is 0 Å². The van der Waals surface area contributed by atoms with Gasteiger partial charge in [0.25, 0.3) is 0 Å². The average molecular weight is 166 g/mol. The van der Waals surface area contributed by atoms with Crippen LogP contribution in [0.4, 0.5) is 0 Å².